The molecule has 0 spiro atoms. The van der Waals surface area contributed by atoms with Crippen LogP contribution in [0.1, 0.15) is 26.7 Å². The Morgan fingerprint density at radius 3 is 2.75 bits per heavy atom. The molecule has 1 amide bonds. The van der Waals surface area contributed by atoms with Gasteiger partial charge >= 0.3 is 0 Å². The molecule has 12 heavy (non-hydrogen) atoms. The molecule has 0 radical (unpaired) electrons. The van der Waals surface area contributed by atoms with Gasteiger partial charge < -0.3 is 9.64 Å². The Labute approximate surface area is 73.7 Å². The molecular weight excluding hydrogens is 154 g/mol. The fourth-order valence-corrected chi connectivity index (χ4v) is 1.65. The minimum atomic E-state index is -0.0116. The molecule has 0 bridgehead atoms. The van der Waals surface area contributed by atoms with Crippen LogP contribution in [-0.2, 0) is 9.53 Å². The van der Waals surface area contributed by atoms with Gasteiger partial charge in [-0.2, -0.15) is 0 Å². The Balaban J connectivity index is 2.57. The molecule has 3 nitrogen and oxygen atoms in total. The van der Waals surface area contributed by atoms with Gasteiger partial charge in [-0.25, -0.2) is 0 Å². The fourth-order valence-electron chi connectivity index (χ4n) is 1.65. The number of carbonyl (C=O) groups is 1. The zero-order valence-corrected chi connectivity index (χ0v) is 8.04. The molecule has 0 saturated carbocycles. The van der Waals surface area contributed by atoms with Crippen molar-refractivity contribution in [3.63, 3.8) is 0 Å². The minimum Gasteiger partial charge on any atom is -0.362 e. The Kier molecular flexibility index (Phi) is 3.09. The highest BCUT2D eigenvalue weighted by Gasteiger charge is 2.32. The first-order chi connectivity index (χ1) is 5.70. The van der Waals surface area contributed by atoms with Crippen molar-refractivity contribution in [2.24, 2.45) is 5.92 Å². The van der Waals surface area contributed by atoms with Gasteiger partial charge in [-0.05, 0) is 12.8 Å². The SMILES string of the molecule is CCC(OC)N1CCC(C)C1=O. The van der Waals surface area contributed by atoms with Crippen LogP contribution in [0, 0.1) is 5.92 Å². The summed E-state index contributed by atoms with van der Waals surface area (Å²) in [5, 5.41) is 0. The van der Waals surface area contributed by atoms with Crippen molar-refractivity contribution >= 4 is 5.91 Å². The normalized spacial score (nSPS) is 26.4. The Morgan fingerprint density at radius 1 is 1.75 bits per heavy atom. The number of nitrogens with zero attached hydrogens (tertiary/aromatic N) is 1. The third-order valence-corrected chi connectivity index (χ3v) is 2.48. The van der Waals surface area contributed by atoms with E-state index in [2.05, 4.69) is 0 Å². The molecule has 1 rings (SSSR count). The molecule has 1 aliphatic heterocycles. The van der Waals surface area contributed by atoms with Crippen LogP contribution >= 0.6 is 0 Å². The monoisotopic (exact) mass is 171 g/mol. The van der Waals surface area contributed by atoms with Gasteiger partial charge in [-0.1, -0.05) is 13.8 Å². The Bertz CT molecular complexity index is 166. The van der Waals surface area contributed by atoms with E-state index in [-0.39, 0.29) is 18.1 Å². The molecule has 3 heteroatoms. The molecule has 1 heterocycles. The fraction of sp³-hybridized carbons (Fsp3) is 0.889. The summed E-state index contributed by atoms with van der Waals surface area (Å²) < 4.78 is 5.21. The molecule has 1 aliphatic rings. The number of rotatable bonds is 3. The highest BCUT2D eigenvalue weighted by molar-refractivity contribution is 5.80. The smallest absolute Gasteiger partial charge is 0.227 e. The second-order valence-corrected chi connectivity index (χ2v) is 3.32. The molecule has 1 saturated heterocycles. The van der Waals surface area contributed by atoms with Gasteiger partial charge in [0.05, 0.1) is 0 Å². The largest absolute Gasteiger partial charge is 0.362 e. The van der Waals surface area contributed by atoms with Crippen LogP contribution in [0.15, 0.2) is 0 Å². The quantitative estimate of drug-likeness (QED) is 0.639. The van der Waals surface area contributed by atoms with E-state index < -0.39 is 0 Å². The van der Waals surface area contributed by atoms with E-state index in [4.69, 9.17) is 4.74 Å². The standard InChI is InChI=1S/C9H17NO2/c1-4-8(12-3)10-6-5-7(2)9(10)11/h7-8H,4-6H2,1-3H3. The van der Waals surface area contributed by atoms with Gasteiger partial charge in [-0.15, -0.1) is 0 Å². The number of likely N-dealkylation sites (tertiary alicyclic amines) is 1. The van der Waals surface area contributed by atoms with Crippen molar-refractivity contribution in [2.45, 2.75) is 32.9 Å². The van der Waals surface area contributed by atoms with Crippen LogP contribution in [0.2, 0.25) is 0 Å². The molecule has 2 atom stereocenters. The van der Waals surface area contributed by atoms with E-state index in [1.807, 2.05) is 18.7 Å². The van der Waals surface area contributed by atoms with E-state index in [0.717, 1.165) is 19.4 Å². The van der Waals surface area contributed by atoms with E-state index in [1.54, 1.807) is 7.11 Å². The summed E-state index contributed by atoms with van der Waals surface area (Å²) in [5.74, 6) is 0.429. The predicted octanol–water partition coefficient (Wildman–Crippen LogP) is 1.24. The summed E-state index contributed by atoms with van der Waals surface area (Å²) in [7, 11) is 1.66. The number of hydrogen-bond acceptors (Lipinski definition) is 2. The van der Waals surface area contributed by atoms with Crippen LogP contribution in [0.5, 0.6) is 0 Å². The van der Waals surface area contributed by atoms with Crippen LogP contribution < -0.4 is 0 Å². The second-order valence-electron chi connectivity index (χ2n) is 3.32. The first-order valence-corrected chi connectivity index (χ1v) is 4.54. The summed E-state index contributed by atoms with van der Waals surface area (Å²) in [6.07, 6.45) is 1.83. The lowest BCUT2D eigenvalue weighted by molar-refractivity contribution is -0.141. The molecule has 0 aromatic carbocycles. The summed E-state index contributed by atoms with van der Waals surface area (Å²) >= 11 is 0. The number of amides is 1. The zero-order valence-electron chi connectivity index (χ0n) is 8.04. The Hall–Kier alpha value is -0.570. The van der Waals surface area contributed by atoms with E-state index in [0.29, 0.717) is 0 Å². The van der Waals surface area contributed by atoms with Crippen molar-refractivity contribution in [1.29, 1.82) is 0 Å². The third-order valence-electron chi connectivity index (χ3n) is 2.48. The number of hydrogen-bond donors (Lipinski definition) is 0. The first kappa shape index (κ1) is 9.52. The topological polar surface area (TPSA) is 29.5 Å². The summed E-state index contributed by atoms with van der Waals surface area (Å²) in [4.78, 5) is 13.3. The van der Waals surface area contributed by atoms with Crippen LogP contribution in [0.4, 0.5) is 0 Å². The van der Waals surface area contributed by atoms with Crippen molar-refractivity contribution < 1.29 is 9.53 Å². The predicted molar refractivity (Wildman–Crippen MR) is 46.6 cm³/mol. The lowest BCUT2D eigenvalue weighted by Crippen LogP contribution is -2.38. The van der Waals surface area contributed by atoms with E-state index in [9.17, 15) is 4.79 Å². The first-order valence-electron chi connectivity index (χ1n) is 4.54. The number of carbonyl (C=O) groups excluding carboxylic acids is 1. The molecule has 0 aromatic rings. The van der Waals surface area contributed by atoms with Crippen molar-refractivity contribution in [1.82, 2.24) is 4.90 Å². The average Bonchev–Trinajstić information content (AvgIpc) is 2.38. The van der Waals surface area contributed by atoms with Crippen LogP contribution in [0.25, 0.3) is 0 Å². The molecular formula is C9H17NO2. The molecule has 0 aliphatic carbocycles. The maximum atomic E-state index is 11.5. The van der Waals surface area contributed by atoms with E-state index in [1.165, 1.54) is 0 Å². The molecule has 0 aromatic heterocycles. The molecule has 70 valence electrons. The van der Waals surface area contributed by atoms with Crippen LogP contribution in [-0.4, -0.2) is 30.7 Å². The summed E-state index contributed by atoms with van der Waals surface area (Å²) in [5.41, 5.74) is 0. The molecule has 0 N–H and O–H groups in total. The summed E-state index contributed by atoms with van der Waals surface area (Å²) in [6, 6.07) is 0. The zero-order chi connectivity index (χ0) is 9.14. The average molecular weight is 171 g/mol. The van der Waals surface area contributed by atoms with Gasteiger partial charge in [0.2, 0.25) is 5.91 Å². The van der Waals surface area contributed by atoms with E-state index >= 15 is 0 Å². The lowest BCUT2D eigenvalue weighted by atomic mass is 10.1. The molecule has 2 unspecified atom stereocenters. The number of methoxy groups -OCH3 is 1. The highest BCUT2D eigenvalue weighted by atomic mass is 16.5. The summed E-state index contributed by atoms with van der Waals surface area (Å²) in [6.45, 7) is 4.86. The van der Waals surface area contributed by atoms with Gasteiger partial charge in [0, 0.05) is 19.6 Å². The third kappa shape index (κ3) is 1.61. The molecule has 1 fully saturated rings. The Morgan fingerprint density at radius 2 is 2.42 bits per heavy atom. The van der Waals surface area contributed by atoms with Gasteiger partial charge in [0.25, 0.3) is 0 Å². The number of ether oxygens (including phenoxy) is 1. The lowest BCUT2D eigenvalue weighted by Gasteiger charge is -2.25. The highest BCUT2D eigenvalue weighted by Crippen LogP contribution is 2.20. The van der Waals surface area contributed by atoms with Crippen LogP contribution in [0.3, 0.4) is 0 Å². The second kappa shape index (κ2) is 3.90. The maximum absolute atomic E-state index is 11.5. The minimum absolute atomic E-state index is 0.0116. The maximum Gasteiger partial charge on any atom is 0.227 e. The van der Waals surface area contributed by atoms with Crippen molar-refractivity contribution in [3.05, 3.63) is 0 Å². The van der Waals surface area contributed by atoms with Crippen molar-refractivity contribution in [2.75, 3.05) is 13.7 Å². The van der Waals surface area contributed by atoms with Crippen molar-refractivity contribution in [3.8, 4) is 0 Å². The van der Waals surface area contributed by atoms with Gasteiger partial charge in [0.1, 0.15) is 6.23 Å². The van der Waals surface area contributed by atoms with Gasteiger partial charge in [0.15, 0.2) is 0 Å². The van der Waals surface area contributed by atoms with Gasteiger partial charge in [-0.3, -0.25) is 4.79 Å².